The lowest BCUT2D eigenvalue weighted by Gasteiger charge is -2.04. The lowest BCUT2D eigenvalue weighted by molar-refractivity contribution is 0.101. The van der Waals surface area contributed by atoms with E-state index in [9.17, 15) is 4.79 Å². The van der Waals surface area contributed by atoms with Gasteiger partial charge in [-0.05, 0) is 35.0 Å². The largest absolute Gasteiger partial charge is 0.398 e. The second-order valence-corrected chi connectivity index (χ2v) is 3.70. The fourth-order valence-corrected chi connectivity index (χ4v) is 2.08. The van der Waals surface area contributed by atoms with E-state index in [0.717, 1.165) is 0 Å². The van der Waals surface area contributed by atoms with Gasteiger partial charge in [0.15, 0.2) is 5.78 Å². The van der Waals surface area contributed by atoms with Crippen molar-refractivity contribution >= 4 is 39.0 Å². The first-order chi connectivity index (χ1) is 5.52. The summed E-state index contributed by atoms with van der Waals surface area (Å²) < 4.78 is 0.639. The second kappa shape index (κ2) is 3.46. The molecule has 1 aromatic carbocycles. The predicted octanol–water partition coefficient (Wildman–Crippen LogP) is 2.89. The normalized spacial score (nSPS) is 9.92. The van der Waals surface area contributed by atoms with Crippen molar-refractivity contribution in [3.8, 4) is 0 Å². The van der Waals surface area contributed by atoms with E-state index in [1.165, 1.54) is 6.92 Å². The summed E-state index contributed by atoms with van der Waals surface area (Å²) in [5.41, 5.74) is 6.48. The van der Waals surface area contributed by atoms with Crippen LogP contribution in [0.3, 0.4) is 0 Å². The number of halogens is 2. The van der Waals surface area contributed by atoms with Crippen LogP contribution in [0, 0.1) is 0 Å². The maximum Gasteiger partial charge on any atom is 0.163 e. The molecular weight excluding hydrogens is 241 g/mol. The SMILES string of the molecule is CC(=O)c1c(N)cc(Cl)cc1Br. The van der Waals surface area contributed by atoms with Gasteiger partial charge in [0.25, 0.3) is 0 Å². The molecule has 0 aromatic heterocycles. The number of Topliss-reactive ketones (excluding diaryl/α,β-unsaturated/α-hetero) is 1. The van der Waals surface area contributed by atoms with Gasteiger partial charge in [-0.2, -0.15) is 0 Å². The number of hydrogen-bond donors (Lipinski definition) is 1. The van der Waals surface area contributed by atoms with E-state index in [1.807, 2.05) is 0 Å². The van der Waals surface area contributed by atoms with Gasteiger partial charge in [-0.1, -0.05) is 11.6 Å². The lowest BCUT2D eigenvalue weighted by atomic mass is 10.1. The minimum Gasteiger partial charge on any atom is -0.398 e. The molecule has 2 N–H and O–H groups in total. The monoisotopic (exact) mass is 247 g/mol. The molecule has 12 heavy (non-hydrogen) atoms. The van der Waals surface area contributed by atoms with Crippen LogP contribution in [0.2, 0.25) is 5.02 Å². The molecule has 0 radical (unpaired) electrons. The molecular formula is C8H7BrClNO. The lowest BCUT2D eigenvalue weighted by Crippen LogP contribution is -2.00. The van der Waals surface area contributed by atoms with Crippen molar-refractivity contribution in [2.24, 2.45) is 0 Å². The van der Waals surface area contributed by atoms with Crippen LogP contribution < -0.4 is 5.73 Å². The highest BCUT2D eigenvalue weighted by Gasteiger charge is 2.09. The van der Waals surface area contributed by atoms with Crippen LogP contribution >= 0.6 is 27.5 Å². The third-order valence-corrected chi connectivity index (χ3v) is 2.28. The topological polar surface area (TPSA) is 43.1 Å². The van der Waals surface area contributed by atoms with E-state index >= 15 is 0 Å². The third kappa shape index (κ3) is 1.79. The summed E-state index contributed by atoms with van der Waals surface area (Å²) in [6.07, 6.45) is 0. The fraction of sp³-hybridized carbons (Fsp3) is 0.125. The maximum atomic E-state index is 11.0. The minimum atomic E-state index is -0.0731. The number of anilines is 1. The van der Waals surface area contributed by atoms with Gasteiger partial charge >= 0.3 is 0 Å². The van der Waals surface area contributed by atoms with Crippen LogP contribution in [0.1, 0.15) is 17.3 Å². The number of rotatable bonds is 1. The summed E-state index contributed by atoms with van der Waals surface area (Å²) in [6, 6.07) is 3.21. The molecule has 0 saturated heterocycles. The van der Waals surface area contributed by atoms with Crippen molar-refractivity contribution in [1.82, 2.24) is 0 Å². The summed E-state index contributed by atoms with van der Waals surface area (Å²) in [6.45, 7) is 1.46. The number of hydrogen-bond acceptors (Lipinski definition) is 2. The summed E-state index contributed by atoms with van der Waals surface area (Å²) >= 11 is 8.92. The molecule has 1 rings (SSSR count). The summed E-state index contributed by atoms with van der Waals surface area (Å²) in [5.74, 6) is -0.0731. The predicted molar refractivity (Wildman–Crippen MR) is 53.6 cm³/mol. The van der Waals surface area contributed by atoms with Gasteiger partial charge in [-0.25, -0.2) is 0 Å². The van der Waals surface area contributed by atoms with E-state index in [4.69, 9.17) is 17.3 Å². The average Bonchev–Trinajstić information content (AvgIpc) is 1.82. The molecule has 1 aromatic rings. The Kier molecular flexibility index (Phi) is 2.75. The number of ketones is 1. The van der Waals surface area contributed by atoms with Gasteiger partial charge in [-0.15, -0.1) is 0 Å². The zero-order valence-corrected chi connectivity index (χ0v) is 8.74. The molecule has 0 saturated carbocycles. The van der Waals surface area contributed by atoms with Crippen molar-refractivity contribution in [2.45, 2.75) is 6.92 Å². The number of carbonyl (C=O) groups is 1. The quantitative estimate of drug-likeness (QED) is 0.613. The highest BCUT2D eigenvalue weighted by atomic mass is 79.9. The number of carbonyl (C=O) groups excluding carboxylic acids is 1. The fourth-order valence-electron chi connectivity index (χ4n) is 0.965. The zero-order chi connectivity index (χ0) is 9.30. The first-order valence-corrected chi connectivity index (χ1v) is 4.45. The van der Waals surface area contributed by atoms with Crippen LogP contribution in [0.5, 0.6) is 0 Å². The Morgan fingerprint density at radius 1 is 1.58 bits per heavy atom. The van der Waals surface area contributed by atoms with Gasteiger partial charge in [-0.3, -0.25) is 4.79 Å². The van der Waals surface area contributed by atoms with Gasteiger partial charge < -0.3 is 5.73 Å². The number of benzene rings is 1. The van der Waals surface area contributed by atoms with E-state index in [2.05, 4.69) is 15.9 Å². The zero-order valence-electron chi connectivity index (χ0n) is 6.40. The van der Waals surface area contributed by atoms with E-state index < -0.39 is 0 Å². The van der Waals surface area contributed by atoms with Gasteiger partial charge in [0.1, 0.15) is 0 Å². The van der Waals surface area contributed by atoms with Crippen molar-refractivity contribution in [1.29, 1.82) is 0 Å². The molecule has 0 spiro atoms. The molecule has 0 atom stereocenters. The smallest absolute Gasteiger partial charge is 0.163 e. The molecule has 0 heterocycles. The molecule has 0 aliphatic rings. The van der Waals surface area contributed by atoms with E-state index in [1.54, 1.807) is 12.1 Å². The van der Waals surface area contributed by atoms with Crippen molar-refractivity contribution < 1.29 is 4.79 Å². The van der Waals surface area contributed by atoms with Gasteiger partial charge in [0.2, 0.25) is 0 Å². The first-order valence-electron chi connectivity index (χ1n) is 3.28. The van der Waals surface area contributed by atoms with Crippen LogP contribution in [0.4, 0.5) is 5.69 Å². The standard InChI is InChI=1S/C8H7BrClNO/c1-4(12)8-6(9)2-5(10)3-7(8)11/h2-3H,11H2,1H3. The molecule has 2 nitrogen and oxygen atoms in total. The Hall–Kier alpha value is -0.540. The van der Waals surface area contributed by atoms with E-state index in [0.29, 0.717) is 20.7 Å². The van der Waals surface area contributed by atoms with Crippen LogP contribution in [0.15, 0.2) is 16.6 Å². The van der Waals surface area contributed by atoms with Crippen molar-refractivity contribution in [3.63, 3.8) is 0 Å². The molecule has 0 aliphatic carbocycles. The Balaban J connectivity index is 3.38. The van der Waals surface area contributed by atoms with Crippen molar-refractivity contribution in [2.75, 3.05) is 5.73 Å². The average molecular weight is 249 g/mol. The molecule has 64 valence electrons. The first kappa shape index (κ1) is 9.55. The Morgan fingerprint density at radius 2 is 2.17 bits per heavy atom. The summed E-state index contributed by atoms with van der Waals surface area (Å²) in [4.78, 5) is 11.0. The molecule has 4 heteroatoms. The van der Waals surface area contributed by atoms with Crippen molar-refractivity contribution in [3.05, 3.63) is 27.2 Å². The van der Waals surface area contributed by atoms with Gasteiger partial charge in [0, 0.05) is 15.2 Å². The van der Waals surface area contributed by atoms with E-state index in [-0.39, 0.29) is 5.78 Å². The number of nitrogen functional groups attached to an aromatic ring is 1. The highest BCUT2D eigenvalue weighted by Crippen LogP contribution is 2.27. The Morgan fingerprint density at radius 3 is 2.58 bits per heavy atom. The van der Waals surface area contributed by atoms with Crippen LogP contribution in [0.25, 0.3) is 0 Å². The number of nitrogens with two attached hydrogens (primary N) is 1. The van der Waals surface area contributed by atoms with Gasteiger partial charge in [0.05, 0.1) is 5.56 Å². The molecule has 0 unspecified atom stereocenters. The third-order valence-electron chi connectivity index (χ3n) is 1.44. The molecule has 0 fully saturated rings. The Labute approximate surface area is 83.8 Å². The summed E-state index contributed by atoms with van der Waals surface area (Å²) in [7, 11) is 0. The second-order valence-electron chi connectivity index (χ2n) is 2.41. The molecule has 0 bridgehead atoms. The molecule has 0 aliphatic heterocycles. The maximum absolute atomic E-state index is 11.0. The summed E-state index contributed by atoms with van der Waals surface area (Å²) in [5, 5.41) is 0.518. The molecule has 0 amide bonds. The minimum absolute atomic E-state index is 0.0731. The van der Waals surface area contributed by atoms with Crippen LogP contribution in [-0.2, 0) is 0 Å². The highest BCUT2D eigenvalue weighted by molar-refractivity contribution is 9.10. The van der Waals surface area contributed by atoms with Crippen LogP contribution in [-0.4, -0.2) is 5.78 Å². The Bertz CT molecular complexity index is 315.